The smallest absolute Gasteiger partial charge is 0.320 e. The van der Waals surface area contributed by atoms with Gasteiger partial charge in [0.25, 0.3) is 0 Å². The van der Waals surface area contributed by atoms with E-state index in [9.17, 15) is 4.79 Å². The second kappa shape index (κ2) is 3.91. The summed E-state index contributed by atoms with van der Waals surface area (Å²) in [6.45, 7) is 13.5. The molecule has 0 N–H and O–H groups in total. The number of hydrogen-bond acceptors (Lipinski definition) is 2. The van der Waals surface area contributed by atoms with Crippen LogP contribution in [0.15, 0.2) is 0 Å². The van der Waals surface area contributed by atoms with E-state index in [0.717, 1.165) is 19.6 Å². The van der Waals surface area contributed by atoms with E-state index >= 15 is 0 Å². The Hall–Kier alpha value is -0.770. The van der Waals surface area contributed by atoms with Gasteiger partial charge in [0.2, 0.25) is 0 Å². The molecule has 0 aromatic heterocycles. The third-order valence-corrected chi connectivity index (χ3v) is 3.49. The first-order valence-electron chi connectivity index (χ1n) is 6.20. The molecule has 2 rings (SSSR count). The largest absolute Gasteiger partial charge is 0.321 e. The Morgan fingerprint density at radius 3 is 2.25 bits per heavy atom. The Kier molecular flexibility index (Phi) is 2.86. The van der Waals surface area contributed by atoms with Gasteiger partial charge in [0.05, 0.1) is 0 Å². The number of amides is 2. The van der Waals surface area contributed by atoms with E-state index in [4.69, 9.17) is 0 Å². The molecule has 2 amide bonds. The number of carbonyl (C=O) groups excluding carboxylic acids is 1. The summed E-state index contributed by atoms with van der Waals surface area (Å²) in [5.74, 6) is 0. The average molecular weight is 225 g/mol. The van der Waals surface area contributed by atoms with E-state index in [-0.39, 0.29) is 11.6 Å². The van der Waals surface area contributed by atoms with Crippen LogP contribution in [0.5, 0.6) is 0 Å². The Morgan fingerprint density at radius 2 is 1.81 bits per heavy atom. The van der Waals surface area contributed by atoms with Crippen molar-refractivity contribution in [3.05, 3.63) is 0 Å². The number of carbonyl (C=O) groups is 1. The molecule has 1 atom stereocenters. The lowest BCUT2D eigenvalue weighted by Crippen LogP contribution is -2.45. The van der Waals surface area contributed by atoms with Crippen molar-refractivity contribution in [1.29, 1.82) is 0 Å². The van der Waals surface area contributed by atoms with E-state index in [0.29, 0.717) is 6.04 Å². The van der Waals surface area contributed by atoms with Crippen LogP contribution in [-0.2, 0) is 0 Å². The quantitative estimate of drug-likeness (QED) is 0.675. The molecule has 92 valence electrons. The zero-order valence-electron chi connectivity index (χ0n) is 10.9. The number of nitrogens with zero attached hydrogens (tertiary/aromatic N) is 3. The lowest BCUT2D eigenvalue weighted by molar-refractivity contribution is 0.152. The van der Waals surface area contributed by atoms with Crippen LogP contribution in [0.3, 0.4) is 0 Å². The topological polar surface area (TPSA) is 26.6 Å². The third kappa shape index (κ3) is 2.32. The van der Waals surface area contributed by atoms with Gasteiger partial charge in [-0.1, -0.05) is 0 Å². The van der Waals surface area contributed by atoms with Crippen LogP contribution in [0.4, 0.5) is 4.79 Å². The standard InChI is InChI=1S/C12H23N3O/c1-10(13-5-6-13)9-14-7-8-15(11(14)16)12(2,3)4/h10H,5-9H2,1-4H3. The minimum absolute atomic E-state index is 0.0467. The highest BCUT2D eigenvalue weighted by atomic mass is 16.2. The molecular formula is C12H23N3O. The number of rotatable bonds is 3. The predicted octanol–water partition coefficient (Wildman–Crippen LogP) is 1.23. The first-order chi connectivity index (χ1) is 7.39. The summed E-state index contributed by atoms with van der Waals surface area (Å²) in [6, 6.07) is 0.727. The minimum atomic E-state index is -0.0467. The molecular weight excluding hydrogens is 202 g/mol. The van der Waals surface area contributed by atoms with Gasteiger partial charge < -0.3 is 9.80 Å². The van der Waals surface area contributed by atoms with Crippen LogP contribution in [-0.4, -0.2) is 65.0 Å². The molecule has 0 saturated carbocycles. The second-order valence-corrected chi connectivity index (χ2v) is 5.94. The van der Waals surface area contributed by atoms with Crippen LogP contribution in [0.1, 0.15) is 27.7 Å². The van der Waals surface area contributed by atoms with Gasteiger partial charge in [0.15, 0.2) is 0 Å². The summed E-state index contributed by atoms with van der Waals surface area (Å²) in [4.78, 5) is 18.5. The minimum Gasteiger partial charge on any atom is -0.321 e. The molecule has 0 aliphatic carbocycles. The molecule has 2 aliphatic heterocycles. The van der Waals surface area contributed by atoms with Gasteiger partial charge >= 0.3 is 6.03 Å². The van der Waals surface area contributed by atoms with Crippen molar-refractivity contribution in [3.63, 3.8) is 0 Å². The van der Waals surface area contributed by atoms with Gasteiger partial charge in [-0.05, 0) is 27.7 Å². The summed E-state index contributed by atoms with van der Waals surface area (Å²) >= 11 is 0. The third-order valence-electron chi connectivity index (χ3n) is 3.49. The van der Waals surface area contributed by atoms with Crippen LogP contribution >= 0.6 is 0 Å². The van der Waals surface area contributed by atoms with Gasteiger partial charge in [-0.3, -0.25) is 4.90 Å². The maximum Gasteiger partial charge on any atom is 0.320 e. The number of hydrogen-bond donors (Lipinski definition) is 0. The highest BCUT2D eigenvalue weighted by Gasteiger charge is 2.37. The van der Waals surface area contributed by atoms with E-state index in [2.05, 4.69) is 32.6 Å². The fraction of sp³-hybridized carbons (Fsp3) is 0.917. The molecule has 2 fully saturated rings. The van der Waals surface area contributed by atoms with Gasteiger partial charge in [-0.25, -0.2) is 4.79 Å². The van der Waals surface area contributed by atoms with Crippen molar-refractivity contribution in [3.8, 4) is 0 Å². The van der Waals surface area contributed by atoms with Crippen molar-refractivity contribution >= 4 is 6.03 Å². The van der Waals surface area contributed by atoms with Crippen LogP contribution in [0.25, 0.3) is 0 Å². The fourth-order valence-electron chi connectivity index (χ4n) is 2.31. The normalized spacial score (nSPS) is 24.1. The Morgan fingerprint density at radius 1 is 1.19 bits per heavy atom. The fourth-order valence-corrected chi connectivity index (χ4v) is 2.31. The molecule has 0 radical (unpaired) electrons. The summed E-state index contributed by atoms with van der Waals surface area (Å²) in [6.07, 6.45) is 0. The summed E-state index contributed by atoms with van der Waals surface area (Å²) < 4.78 is 0. The SMILES string of the molecule is CC(CN1CCN(C(C)(C)C)C1=O)N1CC1. The lowest BCUT2D eigenvalue weighted by atomic mass is 10.1. The molecule has 2 aliphatic rings. The predicted molar refractivity (Wildman–Crippen MR) is 64.5 cm³/mol. The maximum atomic E-state index is 12.2. The maximum absolute atomic E-state index is 12.2. The van der Waals surface area contributed by atoms with Crippen LogP contribution in [0.2, 0.25) is 0 Å². The van der Waals surface area contributed by atoms with Gasteiger partial charge in [0, 0.05) is 44.3 Å². The van der Waals surface area contributed by atoms with Crippen molar-refractivity contribution in [2.45, 2.75) is 39.3 Å². The van der Waals surface area contributed by atoms with Crippen molar-refractivity contribution in [1.82, 2.24) is 14.7 Å². The van der Waals surface area contributed by atoms with E-state index < -0.39 is 0 Å². The monoisotopic (exact) mass is 225 g/mol. The molecule has 4 nitrogen and oxygen atoms in total. The Labute approximate surface area is 98.2 Å². The lowest BCUT2D eigenvalue weighted by Gasteiger charge is -2.32. The van der Waals surface area contributed by atoms with Crippen LogP contribution in [0, 0.1) is 0 Å². The average Bonchev–Trinajstić information content (AvgIpc) is 2.92. The molecule has 0 aromatic carbocycles. The Bertz CT molecular complexity index is 280. The molecule has 0 bridgehead atoms. The van der Waals surface area contributed by atoms with Gasteiger partial charge in [-0.2, -0.15) is 0 Å². The van der Waals surface area contributed by atoms with E-state index in [1.165, 1.54) is 13.1 Å². The van der Waals surface area contributed by atoms with Gasteiger partial charge in [-0.15, -0.1) is 0 Å². The van der Waals surface area contributed by atoms with E-state index in [1.54, 1.807) is 0 Å². The van der Waals surface area contributed by atoms with Crippen molar-refractivity contribution in [2.24, 2.45) is 0 Å². The van der Waals surface area contributed by atoms with Crippen LogP contribution < -0.4 is 0 Å². The van der Waals surface area contributed by atoms with Crippen molar-refractivity contribution in [2.75, 3.05) is 32.7 Å². The molecule has 0 aromatic rings. The highest BCUT2D eigenvalue weighted by Crippen LogP contribution is 2.21. The summed E-state index contributed by atoms with van der Waals surface area (Å²) in [5, 5.41) is 0. The molecule has 4 heteroatoms. The van der Waals surface area contributed by atoms with Gasteiger partial charge in [0.1, 0.15) is 0 Å². The second-order valence-electron chi connectivity index (χ2n) is 5.94. The molecule has 1 unspecified atom stereocenters. The Balaban J connectivity index is 1.91. The number of urea groups is 1. The zero-order chi connectivity index (χ0) is 11.9. The first kappa shape index (κ1) is 11.7. The highest BCUT2D eigenvalue weighted by molar-refractivity contribution is 5.77. The molecule has 16 heavy (non-hydrogen) atoms. The van der Waals surface area contributed by atoms with E-state index in [1.807, 2.05) is 9.80 Å². The van der Waals surface area contributed by atoms with Crippen molar-refractivity contribution < 1.29 is 4.79 Å². The first-order valence-corrected chi connectivity index (χ1v) is 6.20. The summed E-state index contributed by atoms with van der Waals surface area (Å²) in [7, 11) is 0. The molecule has 2 saturated heterocycles. The molecule has 0 spiro atoms. The zero-order valence-corrected chi connectivity index (χ0v) is 10.9. The molecule has 2 heterocycles. The summed E-state index contributed by atoms with van der Waals surface area (Å²) in [5.41, 5.74) is -0.0467.